The van der Waals surface area contributed by atoms with Crippen molar-refractivity contribution in [3.05, 3.63) is 56.3 Å². The number of hydrogen-bond donors (Lipinski definition) is 4. The van der Waals surface area contributed by atoms with Crippen molar-refractivity contribution in [3.63, 3.8) is 0 Å². The Morgan fingerprint density at radius 3 is 2.46 bits per heavy atom. The summed E-state index contributed by atoms with van der Waals surface area (Å²) in [6.45, 7) is 8.46. The summed E-state index contributed by atoms with van der Waals surface area (Å²) in [6, 6.07) is 7.53. The maximum Gasteiger partial charge on any atom is 0.337 e. The lowest BCUT2D eigenvalue weighted by molar-refractivity contribution is -0.136. The van der Waals surface area contributed by atoms with Crippen LogP contribution >= 0.6 is 22.6 Å². The number of carbonyl (C=O) groups excluding carboxylic acids is 2. The molecule has 222 valence electrons. The van der Waals surface area contributed by atoms with Crippen LogP contribution in [0.1, 0.15) is 44.9 Å². The molecule has 2 amide bonds. The first-order valence-corrected chi connectivity index (χ1v) is 14.1. The molecule has 3 rings (SSSR count). The molecular weight excluding hydrogens is 647 g/mol. The molecule has 0 radical (unpaired) electrons. The number of hydrazone groups is 1. The van der Waals surface area contributed by atoms with Crippen molar-refractivity contribution in [1.29, 1.82) is 0 Å². The van der Waals surface area contributed by atoms with Gasteiger partial charge in [0.1, 0.15) is 6.61 Å². The van der Waals surface area contributed by atoms with Crippen molar-refractivity contribution in [1.82, 2.24) is 16.1 Å². The smallest absolute Gasteiger partial charge is 0.337 e. The lowest BCUT2D eigenvalue weighted by atomic mass is 9.95. The SMILES string of the molecule is CCOc1cc([C@H]2NC(=O)NC(C)=C2C(=O)OC)ccc1OC[C@@H](O)N/N=C/c1cc(I)c(OCC)c(OCC)c1. The number of methoxy groups -OCH3 is 1. The van der Waals surface area contributed by atoms with E-state index < -0.39 is 24.3 Å². The first kappa shape index (κ1) is 31.8. The number of halogens is 1. The van der Waals surface area contributed by atoms with Crippen LogP contribution in [-0.4, -0.2) is 63.1 Å². The van der Waals surface area contributed by atoms with E-state index in [0.717, 1.165) is 9.13 Å². The quantitative estimate of drug-likeness (QED) is 0.0771. The molecule has 0 saturated carbocycles. The summed E-state index contributed by atoms with van der Waals surface area (Å²) >= 11 is 2.18. The van der Waals surface area contributed by atoms with Gasteiger partial charge in [0.25, 0.3) is 0 Å². The monoisotopic (exact) mass is 682 g/mol. The highest BCUT2D eigenvalue weighted by atomic mass is 127. The molecule has 0 bridgehead atoms. The van der Waals surface area contributed by atoms with Gasteiger partial charge in [-0.15, -0.1) is 0 Å². The van der Waals surface area contributed by atoms with Crippen LogP contribution in [0, 0.1) is 3.57 Å². The number of aliphatic hydroxyl groups is 1. The maximum absolute atomic E-state index is 12.4. The zero-order valence-electron chi connectivity index (χ0n) is 23.6. The molecule has 2 atom stereocenters. The van der Waals surface area contributed by atoms with Gasteiger partial charge in [-0.05, 0) is 85.7 Å². The van der Waals surface area contributed by atoms with Crippen LogP contribution in [0.3, 0.4) is 0 Å². The Labute approximate surface area is 252 Å². The average molecular weight is 683 g/mol. The molecule has 1 aliphatic heterocycles. The molecule has 0 spiro atoms. The van der Waals surface area contributed by atoms with Crippen LogP contribution in [0.25, 0.3) is 0 Å². The molecule has 0 aromatic heterocycles. The summed E-state index contributed by atoms with van der Waals surface area (Å²) in [5.74, 6) is 1.47. The van der Waals surface area contributed by atoms with Gasteiger partial charge in [0.15, 0.2) is 29.2 Å². The van der Waals surface area contributed by atoms with E-state index in [9.17, 15) is 14.7 Å². The zero-order valence-corrected chi connectivity index (χ0v) is 25.7. The van der Waals surface area contributed by atoms with Gasteiger partial charge in [-0.1, -0.05) is 6.07 Å². The number of aliphatic hydroxyl groups excluding tert-OH is 1. The number of hydrogen-bond acceptors (Lipinski definition) is 10. The molecule has 0 fully saturated rings. The van der Waals surface area contributed by atoms with E-state index >= 15 is 0 Å². The van der Waals surface area contributed by atoms with Gasteiger partial charge in [-0.25, -0.2) is 9.59 Å². The third-order valence-electron chi connectivity index (χ3n) is 5.73. The standard InChI is InChI=1S/C28H35IN4O8/c1-6-38-21-13-18(25-24(27(35)37-5)16(4)31-28(36)32-25)9-10-20(21)41-15-23(34)33-30-14-17-11-19(29)26(40-8-3)22(12-17)39-7-2/h9-14,23,25,33-34H,6-8,15H2,1-5H3,(H2,31,32,36)/b30-14+/t23-,25-/m1/s1. The Hall–Kier alpha value is -3.72. The van der Waals surface area contributed by atoms with Crippen molar-refractivity contribution in [3.8, 4) is 23.0 Å². The highest BCUT2D eigenvalue weighted by Crippen LogP contribution is 2.35. The number of benzene rings is 2. The summed E-state index contributed by atoms with van der Waals surface area (Å²) < 4.78 is 28.7. The molecular formula is C28H35IN4O8. The van der Waals surface area contributed by atoms with Crippen molar-refractivity contribution in [2.24, 2.45) is 5.10 Å². The van der Waals surface area contributed by atoms with Gasteiger partial charge in [-0.3, -0.25) is 5.43 Å². The molecule has 41 heavy (non-hydrogen) atoms. The second kappa shape index (κ2) is 15.3. The highest BCUT2D eigenvalue weighted by molar-refractivity contribution is 14.1. The number of nitrogens with zero attached hydrogens (tertiary/aromatic N) is 1. The summed E-state index contributed by atoms with van der Waals surface area (Å²) in [5, 5.41) is 19.9. The Morgan fingerprint density at radius 2 is 1.78 bits per heavy atom. The topological polar surface area (TPSA) is 149 Å². The molecule has 0 unspecified atom stereocenters. The van der Waals surface area contributed by atoms with Crippen LogP contribution in [-0.2, 0) is 9.53 Å². The lowest BCUT2D eigenvalue weighted by Gasteiger charge is -2.28. The average Bonchev–Trinajstić information content (AvgIpc) is 2.93. The Kier molecular flexibility index (Phi) is 11.9. The van der Waals surface area contributed by atoms with E-state index in [2.05, 4.69) is 43.8 Å². The lowest BCUT2D eigenvalue weighted by Crippen LogP contribution is -2.45. The summed E-state index contributed by atoms with van der Waals surface area (Å²) in [5.41, 5.74) is 4.66. The third-order valence-corrected chi connectivity index (χ3v) is 6.53. The number of amides is 2. The minimum atomic E-state index is -1.13. The fourth-order valence-corrected chi connectivity index (χ4v) is 4.81. The molecule has 12 nitrogen and oxygen atoms in total. The summed E-state index contributed by atoms with van der Waals surface area (Å²) in [7, 11) is 1.28. The molecule has 1 aliphatic rings. The first-order valence-electron chi connectivity index (χ1n) is 13.0. The Morgan fingerprint density at radius 1 is 1.07 bits per heavy atom. The van der Waals surface area contributed by atoms with E-state index in [1.54, 1.807) is 31.3 Å². The van der Waals surface area contributed by atoms with Crippen molar-refractivity contribution in [2.75, 3.05) is 33.5 Å². The zero-order chi connectivity index (χ0) is 29.9. The van der Waals surface area contributed by atoms with Gasteiger partial charge < -0.3 is 39.4 Å². The van der Waals surface area contributed by atoms with Crippen LogP contribution in [0.5, 0.6) is 23.0 Å². The number of urea groups is 1. The van der Waals surface area contributed by atoms with Crippen LogP contribution in [0.2, 0.25) is 0 Å². The predicted molar refractivity (Wildman–Crippen MR) is 160 cm³/mol. The Balaban J connectivity index is 1.70. The molecule has 2 aromatic rings. The molecule has 13 heteroatoms. The number of carbonyl (C=O) groups is 2. The van der Waals surface area contributed by atoms with E-state index in [1.165, 1.54) is 7.11 Å². The second-order valence-corrected chi connectivity index (χ2v) is 9.77. The molecule has 0 saturated heterocycles. The summed E-state index contributed by atoms with van der Waals surface area (Å²) in [4.78, 5) is 24.5. The van der Waals surface area contributed by atoms with E-state index in [4.69, 9.17) is 23.7 Å². The minimum absolute atomic E-state index is 0.141. The maximum atomic E-state index is 12.4. The number of ether oxygens (including phenoxy) is 5. The van der Waals surface area contributed by atoms with Gasteiger partial charge in [0.05, 0.1) is 48.3 Å². The minimum Gasteiger partial charge on any atom is -0.490 e. The number of allylic oxidation sites excluding steroid dienone is 1. The predicted octanol–water partition coefficient (Wildman–Crippen LogP) is 3.61. The van der Waals surface area contributed by atoms with E-state index in [1.807, 2.05) is 32.9 Å². The summed E-state index contributed by atoms with van der Waals surface area (Å²) in [6.07, 6.45) is 0.430. The third kappa shape index (κ3) is 8.39. The molecule has 0 aliphatic carbocycles. The normalized spacial score (nSPS) is 15.6. The Bertz CT molecular complexity index is 1300. The van der Waals surface area contributed by atoms with E-state index in [-0.39, 0.29) is 12.2 Å². The van der Waals surface area contributed by atoms with Gasteiger partial charge in [-0.2, -0.15) is 5.10 Å². The van der Waals surface area contributed by atoms with Crippen molar-refractivity contribution >= 4 is 40.8 Å². The number of esters is 1. The van der Waals surface area contributed by atoms with Crippen LogP contribution < -0.4 is 35.0 Å². The number of rotatable bonds is 14. The molecule has 4 N–H and O–H groups in total. The molecule has 1 heterocycles. The number of nitrogens with one attached hydrogen (secondary N) is 3. The molecule has 2 aromatic carbocycles. The van der Waals surface area contributed by atoms with Gasteiger partial charge in [0.2, 0.25) is 0 Å². The van der Waals surface area contributed by atoms with Crippen LogP contribution in [0.15, 0.2) is 46.7 Å². The van der Waals surface area contributed by atoms with Crippen molar-refractivity contribution in [2.45, 2.75) is 40.0 Å². The van der Waals surface area contributed by atoms with E-state index in [0.29, 0.717) is 54.1 Å². The second-order valence-electron chi connectivity index (χ2n) is 8.61. The fourth-order valence-electron chi connectivity index (χ4n) is 4.03. The fraction of sp³-hybridized carbons (Fsp3) is 0.393. The largest absolute Gasteiger partial charge is 0.490 e. The van der Waals surface area contributed by atoms with Crippen molar-refractivity contribution < 1.29 is 38.4 Å². The van der Waals surface area contributed by atoms with Crippen LogP contribution in [0.4, 0.5) is 4.79 Å². The van der Waals surface area contributed by atoms with Gasteiger partial charge in [0, 0.05) is 5.70 Å². The van der Waals surface area contributed by atoms with Gasteiger partial charge >= 0.3 is 12.0 Å². The first-order chi connectivity index (χ1) is 19.7. The highest BCUT2D eigenvalue weighted by Gasteiger charge is 2.32.